The highest BCUT2D eigenvalue weighted by molar-refractivity contribution is 5.56. The zero-order valence-corrected chi connectivity index (χ0v) is 7.53. The molecule has 0 radical (unpaired) electrons. The van der Waals surface area contributed by atoms with Crippen molar-refractivity contribution in [2.24, 2.45) is 0 Å². The van der Waals surface area contributed by atoms with Crippen LogP contribution in [0.2, 0.25) is 0 Å². The van der Waals surface area contributed by atoms with E-state index in [1.165, 1.54) is 0 Å². The van der Waals surface area contributed by atoms with Crippen molar-refractivity contribution < 1.29 is 9.90 Å². The predicted octanol–water partition coefficient (Wildman–Crippen LogP) is 0.638. The maximum absolute atomic E-state index is 10.3. The number of carbonyl (C=O) groups is 1. The molecule has 0 saturated carbocycles. The molecule has 1 aromatic rings. The third-order valence-corrected chi connectivity index (χ3v) is 1.93. The summed E-state index contributed by atoms with van der Waals surface area (Å²) in [7, 11) is 1.67. The van der Waals surface area contributed by atoms with Gasteiger partial charge in [-0.3, -0.25) is 5.32 Å². The van der Waals surface area contributed by atoms with Crippen molar-refractivity contribution in [3.8, 4) is 0 Å². The molecule has 1 rings (SSSR count). The van der Waals surface area contributed by atoms with Gasteiger partial charge in [0.2, 0.25) is 0 Å². The fraction of sp³-hybridized carbons (Fsp3) is 0.300. The minimum atomic E-state index is -0.698. The number of aliphatic hydroxyl groups is 1. The number of benzene rings is 1. The molecule has 0 aromatic heterocycles. The molecular formula is C10H13NO2. The van der Waals surface area contributed by atoms with Gasteiger partial charge < -0.3 is 9.90 Å². The fourth-order valence-corrected chi connectivity index (χ4v) is 1.23. The molecule has 0 aliphatic rings. The van der Waals surface area contributed by atoms with Crippen LogP contribution < -0.4 is 5.32 Å². The molecule has 0 aliphatic heterocycles. The quantitative estimate of drug-likeness (QED) is 0.526. The van der Waals surface area contributed by atoms with Crippen LogP contribution in [0.3, 0.4) is 0 Å². The highest BCUT2D eigenvalue weighted by Gasteiger charge is 2.08. The molecule has 0 spiro atoms. The molecular weight excluding hydrogens is 166 g/mol. The Hall–Kier alpha value is -1.19. The van der Waals surface area contributed by atoms with Gasteiger partial charge in [0.25, 0.3) is 0 Å². The molecule has 0 saturated heterocycles. The van der Waals surface area contributed by atoms with Crippen LogP contribution in [0.25, 0.3) is 0 Å². The summed E-state index contributed by atoms with van der Waals surface area (Å²) in [5, 5.41) is 12.2. The first-order valence-corrected chi connectivity index (χ1v) is 4.16. The lowest BCUT2D eigenvalue weighted by Gasteiger charge is -2.12. The van der Waals surface area contributed by atoms with Crippen molar-refractivity contribution in [3.05, 3.63) is 35.4 Å². The molecule has 1 aromatic carbocycles. The Morgan fingerprint density at radius 3 is 2.85 bits per heavy atom. The lowest BCUT2D eigenvalue weighted by Crippen LogP contribution is -2.17. The number of nitrogens with one attached hydrogen (secondary N) is 1. The topological polar surface area (TPSA) is 49.3 Å². The van der Waals surface area contributed by atoms with E-state index in [4.69, 9.17) is 0 Å². The fourth-order valence-electron chi connectivity index (χ4n) is 1.23. The van der Waals surface area contributed by atoms with Crippen molar-refractivity contribution in [2.45, 2.75) is 12.6 Å². The van der Waals surface area contributed by atoms with Gasteiger partial charge in [0.1, 0.15) is 12.5 Å². The molecule has 0 amide bonds. The summed E-state index contributed by atoms with van der Waals surface area (Å²) >= 11 is 0. The van der Waals surface area contributed by atoms with Crippen molar-refractivity contribution in [3.63, 3.8) is 0 Å². The lowest BCUT2D eigenvalue weighted by atomic mass is 10.0. The smallest absolute Gasteiger partial charge is 0.131 e. The summed E-state index contributed by atoms with van der Waals surface area (Å²) in [6.45, 7) is 0. The standard InChI is InChI=1S/C10H13NO2/c1-11-10(13)9-5-3-2-4-8(9)6-7-12/h2-5,7,10-11,13H,6H2,1H3. The number of aliphatic hydroxyl groups excluding tert-OH is 1. The summed E-state index contributed by atoms with van der Waals surface area (Å²) in [5.74, 6) is 0. The molecule has 0 bridgehead atoms. The van der Waals surface area contributed by atoms with Crippen LogP contribution in [0.15, 0.2) is 24.3 Å². The number of aldehydes is 1. The van der Waals surface area contributed by atoms with Gasteiger partial charge in [-0.25, -0.2) is 0 Å². The van der Waals surface area contributed by atoms with E-state index >= 15 is 0 Å². The van der Waals surface area contributed by atoms with Crippen molar-refractivity contribution in [2.75, 3.05) is 7.05 Å². The maximum Gasteiger partial charge on any atom is 0.131 e. The summed E-state index contributed by atoms with van der Waals surface area (Å²) in [4.78, 5) is 10.3. The zero-order valence-electron chi connectivity index (χ0n) is 7.53. The minimum absolute atomic E-state index is 0.342. The number of hydrogen-bond acceptors (Lipinski definition) is 3. The van der Waals surface area contributed by atoms with E-state index in [1.807, 2.05) is 18.2 Å². The second-order valence-electron chi connectivity index (χ2n) is 2.76. The van der Waals surface area contributed by atoms with Gasteiger partial charge in [0, 0.05) is 6.42 Å². The van der Waals surface area contributed by atoms with Gasteiger partial charge in [-0.15, -0.1) is 0 Å². The van der Waals surface area contributed by atoms with E-state index in [9.17, 15) is 9.90 Å². The molecule has 70 valence electrons. The summed E-state index contributed by atoms with van der Waals surface area (Å²) in [6.07, 6.45) is 0.479. The third kappa shape index (κ3) is 2.37. The Labute approximate surface area is 77.4 Å². The van der Waals surface area contributed by atoms with E-state index in [0.29, 0.717) is 6.42 Å². The Kier molecular flexibility index (Phi) is 3.61. The predicted molar refractivity (Wildman–Crippen MR) is 50.2 cm³/mol. The van der Waals surface area contributed by atoms with Crippen molar-refractivity contribution in [1.29, 1.82) is 0 Å². The Bertz CT molecular complexity index is 286. The second kappa shape index (κ2) is 4.74. The number of carbonyl (C=O) groups excluding carboxylic acids is 1. The van der Waals surface area contributed by atoms with Crippen LogP contribution in [-0.4, -0.2) is 18.4 Å². The average molecular weight is 179 g/mol. The Balaban J connectivity index is 2.96. The molecule has 0 fully saturated rings. The molecule has 1 atom stereocenters. The van der Waals surface area contributed by atoms with Gasteiger partial charge in [-0.05, 0) is 18.2 Å². The van der Waals surface area contributed by atoms with Crippen LogP contribution in [0.1, 0.15) is 17.4 Å². The lowest BCUT2D eigenvalue weighted by molar-refractivity contribution is -0.107. The van der Waals surface area contributed by atoms with Crippen LogP contribution in [0, 0.1) is 0 Å². The second-order valence-corrected chi connectivity index (χ2v) is 2.76. The van der Waals surface area contributed by atoms with Crippen LogP contribution in [0.4, 0.5) is 0 Å². The first kappa shape index (κ1) is 9.89. The highest BCUT2D eigenvalue weighted by Crippen LogP contribution is 2.15. The van der Waals surface area contributed by atoms with E-state index in [-0.39, 0.29) is 0 Å². The molecule has 0 heterocycles. The highest BCUT2D eigenvalue weighted by atomic mass is 16.3. The molecule has 3 nitrogen and oxygen atoms in total. The Morgan fingerprint density at radius 2 is 2.23 bits per heavy atom. The van der Waals surface area contributed by atoms with E-state index in [2.05, 4.69) is 5.32 Å². The van der Waals surface area contributed by atoms with Crippen LogP contribution in [-0.2, 0) is 11.2 Å². The summed E-state index contributed by atoms with van der Waals surface area (Å²) in [6, 6.07) is 7.33. The van der Waals surface area contributed by atoms with Gasteiger partial charge in [-0.1, -0.05) is 24.3 Å². The largest absolute Gasteiger partial charge is 0.374 e. The molecule has 2 N–H and O–H groups in total. The third-order valence-electron chi connectivity index (χ3n) is 1.93. The van der Waals surface area contributed by atoms with Crippen molar-refractivity contribution in [1.82, 2.24) is 5.32 Å². The minimum Gasteiger partial charge on any atom is -0.374 e. The van der Waals surface area contributed by atoms with E-state index in [0.717, 1.165) is 17.4 Å². The summed E-state index contributed by atoms with van der Waals surface area (Å²) in [5.41, 5.74) is 1.62. The zero-order chi connectivity index (χ0) is 9.68. The van der Waals surface area contributed by atoms with Gasteiger partial charge >= 0.3 is 0 Å². The maximum atomic E-state index is 10.3. The molecule has 0 aliphatic carbocycles. The van der Waals surface area contributed by atoms with Gasteiger partial charge in [-0.2, -0.15) is 0 Å². The molecule has 1 unspecified atom stereocenters. The SMILES string of the molecule is CNC(O)c1ccccc1CC=O. The van der Waals surface area contributed by atoms with Crippen molar-refractivity contribution >= 4 is 6.29 Å². The molecule has 3 heteroatoms. The van der Waals surface area contributed by atoms with Gasteiger partial charge in [0.05, 0.1) is 0 Å². The van der Waals surface area contributed by atoms with E-state index in [1.54, 1.807) is 13.1 Å². The molecule has 13 heavy (non-hydrogen) atoms. The first-order valence-electron chi connectivity index (χ1n) is 4.16. The normalized spacial score (nSPS) is 12.5. The monoisotopic (exact) mass is 179 g/mol. The Morgan fingerprint density at radius 1 is 1.54 bits per heavy atom. The first-order chi connectivity index (χ1) is 6.29. The van der Waals surface area contributed by atoms with E-state index < -0.39 is 6.23 Å². The van der Waals surface area contributed by atoms with Crippen LogP contribution in [0.5, 0.6) is 0 Å². The number of hydrogen-bond donors (Lipinski definition) is 2. The van der Waals surface area contributed by atoms with Crippen LogP contribution >= 0.6 is 0 Å². The summed E-state index contributed by atoms with van der Waals surface area (Å²) < 4.78 is 0. The van der Waals surface area contributed by atoms with Gasteiger partial charge in [0.15, 0.2) is 0 Å². The average Bonchev–Trinajstić information content (AvgIpc) is 2.18. The number of rotatable bonds is 4.